The maximum atomic E-state index is 13.5. The van der Waals surface area contributed by atoms with E-state index in [1.54, 1.807) is 17.9 Å². The maximum Gasteiger partial charge on any atom is 0.295 e. The Morgan fingerprint density at radius 2 is 1.92 bits per heavy atom. The molecule has 2 aliphatic rings. The van der Waals surface area contributed by atoms with Gasteiger partial charge in [-0.05, 0) is 45.4 Å². The minimum absolute atomic E-state index is 0.0996. The van der Waals surface area contributed by atoms with Gasteiger partial charge >= 0.3 is 0 Å². The molecule has 0 bridgehead atoms. The second kappa shape index (κ2) is 10.7. The number of methoxy groups -OCH3 is 1. The summed E-state index contributed by atoms with van der Waals surface area (Å²) in [5.74, 6) is 3.24. The molecule has 0 aromatic carbocycles. The van der Waals surface area contributed by atoms with Gasteiger partial charge in [-0.15, -0.1) is 0 Å². The number of piperidine rings is 1. The number of rotatable bonds is 9. The average Bonchev–Trinajstić information content (AvgIpc) is 3.73. The van der Waals surface area contributed by atoms with Gasteiger partial charge in [0.05, 0.1) is 19.0 Å². The van der Waals surface area contributed by atoms with E-state index in [0.717, 1.165) is 56.8 Å². The van der Waals surface area contributed by atoms with E-state index in [2.05, 4.69) is 36.5 Å². The molecule has 4 heterocycles. The van der Waals surface area contributed by atoms with Crippen LogP contribution in [0.25, 0.3) is 22.6 Å². The van der Waals surface area contributed by atoms with Crippen molar-refractivity contribution in [3.63, 3.8) is 0 Å². The molecule has 1 saturated carbocycles. The standard InChI is InChI=1S/C25H34N8O2S/c1-5-36-32-10-8-16(9-11-32)12-26-22-25(34)33(15(2)3)23-18(30-22)13-27-21(31-23)19-20(17-6-7-17)28-14-29-24(19)35-4/h13-17H,5-12H2,1-4H3,(H,26,30). The van der Waals surface area contributed by atoms with Crippen molar-refractivity contribution in [3.8, 4) is 17.3 Å². The van der Waals surface area contributed by atoms with Crippen LogP contribution in [0.1, 0.15) is 64.1 Å². The molecule has 5 rings (SSSR count). The molecule has 1 aliphatic heterocycles. The molecule has 0 spiro atoms. The van der Waals surface area contributed by atoms with Gasteiger partial charge in [0.15, 0.2) is 17.3 Å². The van der Waals surface area contributed by atoms with Crippen molar-refractivity contribution in [2.45, 2.75) is 58.4 Å². The van der Waals surface area contributed by atoms with Crippen molar-refractivity contribution in [3.05, 3.63) is 28.6 Å². The van der Waals surface area contributed by atoms with Gasteiger partial charge in [0.25, 0.3) is 5.56 Å². The molecular formula is C25H34N8O2S. The Bertz CT molecular complexity index is 1290. The fraction of sp³-hybridized carbons (Fsp3) is 0.600. The van der Waals surface area contributed by atoms with E-state index in [4.69, 9.17) is 9.72 Å². The summed E-state index contributed by atoms with van der Waals surface area (Å²) < 4.78 is 9.67. The van der Waals surface area contributed by atoms with Crippen molar-refractivity contribution >= 4 is 28.9 Å². The lowest BCUT2D eigenvalue weighted by molar-refractivity contribution is 0.301. The number of aromatic nitrogens is 6. The Morgan fingerprint density at radius 3 is 2.58 bits per heavy atom. The lowest BCUT2D eigenvalue weighted by atomic mass is 9.98. The van der Waals surface area contributed by atoms with Crippen LogP contribution in [0.2, 0.25) is 0 Å². The molecule has 0 amide bonds. The molecule has 1 aliphatic carbocycles. The molecule has 10 nitrogen and oxygen atoms in total. The van der Waals surface area contributed by atoms with Gasteiger partial charge < -0.3 is 10.1 Å². The van der Waals surface area contributed by atoms with Gasteiger partial charge in [-0.2, -0.15) is 0 Å². The number of anilines is 1. The highest BCUT2D eigenvalue weighted by molar-refractivity contribution is 7.96. The Morgan fingerprint density at radius 1 is 1.14 bits per heavy atom. The maximum absolute atomic E-state index is 13.5. The van der Waals surface area contributed by atoms with E-state index in [1.165, 1.54) is 6.33 Å². The van der Waals surface area contributed by atoms with E-state index < -0.39 is 0 Å². The molecule has 0 radical (unpaired) electrons. The molecule has 11 heteroatoms. The number of nitrogens with one attached hydrogen (secondary N) is 1. The first-order valence-corrected chi connectivity index (χ1v) is 13.7. The van der Waals surface area contributed by atoms with Crippen molar-refractivity contribution in [1.82, 2.24) is 33.8 Å². The van der Waals surface area contributed by atoms with Crippen molar-refractivity contribution in [1.29, 1.82) is 0 Å². The van der Waals surface area contributed by atoms with Crippen LogP contribution < -0.4 is 15.6 Å². The summed E-state index contributed by atoms with van der Waals surface area (Å²) >= 11 is 1.90. The van der Waals surface area contributed by atoms with Crippen LogP contribution >= 0.6 is 11.9 Å². The smallest absolute Gasteiger partial charge is 0.295 e. The van der Waals surface area contributed by atoms with Gasteiger partial charge in [-0.25, -0.2) is 24.9 Å². The highest BCUT2D eigenvalue weighted by Gasteiger charge is 2.31. The number of hydrogen-bond acceptors (Lipinski definition) is 10. The fourth-order valence-electron chi connectivity index (χ4n) is 4.80. The summed E-state index contributed by atoms with van der Waals surface area (Å²) in [4.78, 5) is 36.4. The van der Waals surface area contributed by atoms with E-state index in [9.17, 15) is 4.79 Å². The largest absolute Gasteiger partial charge is 0.480 e. The summed E-state index contributed by atoms with van der Waals surface area (Å²) in [5.41, 5.74) is 2.51. The second-order valence-corrected chi connectivity index (χ2v) is 11.1. The van der Waals surface area contributed by atoms with Crippen LogP contribution in [0, 0.1) is 5.92 Å². The number of hydrogen-bond donors (Lipinski definition) is 1. The number of fused-ring (bicyclic) bond motifs is 1. The lowest BCUT2D eigenvalue weighted by Gasteiger charge is -2.30. The van der Waals surface area contributed by atoms with Crippen LogP contribution in [0.5, 0.6) is 5.88 Å². The lowest BCUT2D eigenvalue weighted by Crippen LogP contribution is -2.33. The first-order valence-electron chi connectivity index (χ1n) is 12.8. The zero-order valence-corrected chi connectivity index (χ0v) is 22.2. The third-order valence-corrected chi connectivity index (χ3v) is 7.80. The third kappa shape index (κ3) is 5.04. The normalized spacial score (nSPS) is 17.1. The predicted octanol–water partition coefficient (Wildman–Crippen LogP) is 3.90. The molecule has 192 valence electrons. The monoisotopic (exact) mass is 510 g/mol. The first kappa shape index (κ1) is 24.9. The van der Waals surface area contributed by atoms with E-state index in [-0.39, 0.29) is 11.6 Å². The summed E-state index contributed by atoms with van der Waals surface area (Å²) in [6.45, 7) is 9.05. The second-order valence-electron chi connectivity index (χ2n) is 9.72. The molecule has 2 fully saturated rings. The molecular weight excluding hydrogens is 476 g/mol. The van der Waals surface area contributed by atoms with Crippen LogP contribution in [0.3, 0.4) is 0 Å². The summed E-state index contributed by atoms with van der Waals surface area (Å²) in [6.07, 6.45) is 7.58. The number of ether oxygens (including phenoxy) is 1. The molecule has 36 heavy (non-hydrogen) atoms. The Hall–Kier alpha value is -2.79. The molecule has 3 aromatic heterocycles. The summed E-state index contributed by atoms with van der Waals surface area (Å²) in [6, 6.07) is -0.0996. The van der Waals surface area contributed by atoms with Gasteiger partial charge in [0.1, 0.15) is 17.4 Å². The van der Waals surface area contributed by atoms with Gasteiger partial charge in [0.2, 0.25) is 5.88 Å². The number of nitrogens with zero attached hydrogens (tertiary/aromatic N) is 7. The van der Waals surface area contributed by atoms with Crippen LogP contribution in [0.4, 0.5) is 5.82 Å². The Kier molecular flexibility index (Phi) is 7.38. The van der Waals surface area contributed by atoms with Crippen LogP contribution in [-0.2, 0) is 0 Å². The minimum Gasteiger partial charge on any atom is -0.480 e. The topological polar surface area (TPSA) is 111 Å². The average molecular weight is 511 g/mol. The fourth-order valence-corrected chi connectivity index (χ4v) is 5.63. The molecule has 1 saturated heterocycles. The quantitative estimate of drug-likeness (QED) is 0.425. The van der Waals surface area contributed by atoms with Crippen molar-refractivity contribution in [2.75, 3.05) is 37.8 Å². The molecule has 3 aromatic rings. The third-order valence-electron chi connectivity index (χ3n) is 6.81. The zero-order valence-electron chi connectivity index (χ0n) is 21.4. The van der Waals surface area contributed by atoms with E-state index >= 15 is 0 Å². The Balaban J connectivity index is 1.46. The van der Waals surface area contributed by atoms with Gasteiger partial charge in [-0.3, -0.25) is 13.7 Å². The van der Waals surface area contributed by atoms with Crippen LogP contribution in [-0.4, -0.2) is 66.3 Å². The zero-order chi connectivity index (χ0) is 25.2. The SMILES string of the molecule is CCSN1CCC(CNc2nc3cnc(-c4c(OC)ncnc4C4CC4)nc3n(C(C)C)c2=O)CC1. The highest BCUT2D eigenvalue weighted by Crippen LogP contribution is 2.44. The predicted molar refractivity (Wildman–Crippen MR) is 142 cm³/mol. The van der Waals surface area contributed by atoms with Crippen LogP contribution in [0.15, 0.2) is 17.3 Å². The molecule has 1 N–H and O–H groups in total. The molecule has 0 atom stereocenters. The highest BCUT2D eigenvalue weighted by atomic mass is 32.2. The van der Waals surface area contributed by atoms with Crippen molar-refractivity contribution < 1.29 is 4.74 Å². The first-order chi connectivity index (χ1) is 17.5. The van der Waals surface area contributed by atoms with Gasteiger partial charge in [-0.1, -0.05) is 18.9 Å². The summed E-state index contributed by atoms with van der Waals surface area (Å²) in [7, 11) is 1.58. The van der Waals surface area contributed by atoms with Gasteiger partial charge in [0, 0.05) is 37.3 Å². The van der Waals surface area contributed by atoms with E-state index in [1.807, 2.05) is 25.8 Å². The van der Waals surface area contributed by atoms with E-state index in [0.29, 0.717) is 46.1 Å². The summed E-state index contributed by atoms with van der Waals surface area (Å²) in [5, 5.41) is 3.35. The molecule has 0 unspecified atom stereocenters. The minimum atomic E-state index is -0.167. The van der Waals surface area contributed by atoms with Crippen molar-refractivity contribution in [2.24, 2.45) is 5.92 Å². The Labute approximate surface area is 215 Å².